The van der Waals surface area contributed by atoms with Crippen LogP contribution < -0.4 is 10.1 Å². The molecule has 0 saturated carbocycles. The number of ether oxygens (including phenoxy) is 1. The van der Waals surface area contributed by atoms with Crippen molar-refractivity contribution < 1.29 is 23.1 Å². The Morgan fingerprint density at radius 3 is 2.57 bits per heavy atom. The molecule has 0 radical (unpaired) electrons. The molecule has 1 atom stereocenters. The Morgan fingerprint density at radius 2 is 1.79 bits per heavy atom. The third-order valence-electron chi connectivity index (χ3n) is 6.82. The average molecular weight is 589 g/mol. The monoisotopic (exact) mass is 588 g/mol. The number of carbonyl (C=O) groups excluding carboxylic acids is 2. The van der Waals surface area contributed by atoms with Crippen LogP contribution in [0.1, 0.15) is 70.9 Å². The van der Waals surface area contributed by atoms with E-state index in [4.69, 9.17) is 0 Å². The van der Waals surface area contributed by atoms with E-state index in [9.17, 15) is 18.4 Å². The maximum absolute atomic E-state index is 13.4. The van der Waals surface area contributed by atoms with E-state index in [1.165, 1.54) is 29.7 Å². The first-order valence-electron chi connectivity index (χ1n) is 13.7. The van der Waals surface area contributed by atoms with Crippen LogP contribution in [-0.4, -0.2) is 32.8 Å². The van der Waals surface area contributed by atoms with Crippen LogP contribution in [0.25, 0.3) is 22.0 Å². The number of imidazole rings is 1. The summed E-state index contributed by atoms with van der Waals surface area (Å²) >= 11 is 1.26. The van der Waals surface area contributed by atoms with E-state index in [2.05, 4.69) is 49.3 Å². The number of amides is 1. The lowest BCUT2D eigenvalue weighted by Crippen LogP contribution is -2.28. The maximum Gasteiger partial charge on any atom is 0.394 e. The predicted octanol–water partition coefficient (Wildman–Crippen LogP) is 7.98. The SMILES string of the molecule is CC(F)(F)Oc1ccccc1C(=O)CCCCC[C@H](NC(=O)c1cncs1)c1ncc(-c2ccc3ccccc3c2)[nH]1. The Balaban J connectivity index is 1.23. The highest BCUT2D eigenvalue weighted by Gasteiger charge is 2.26. The lowest BCUT2D eigenvalue weighted by Gasteiger charge is -2.17. The van der Waals surface area contributed by atoms with Gasteiger partial charge in [0.15, 0.2) is 5.78 Å². The van der Waals surface area contributed by atoms with Crippen molar-refractivity contribution in [1.29, 1.82) is 0 Å². The molecule has 10 heteroatoms. The third kappa shape index (κ3) is 7.44. The number of rotatable bonds is 13. The number of hydrogen-bond donors (Lipinski definition) is 2. The molecule has 7 nitrogen and oxygen atoms in total. The van der Waals surface area contributed by atoms with Crippen LogP contribution in [0, 0.1) is 0 Å². The molecule has 3 aromatic carbocycles. The first-order chi connectivity index (χ1) is 20.3. The number of para-hydroxylation sites is 1. The largest absolute Gasteiger partial charge is 0.432 e. The number of H-pyrrole nitrogens is 1. The molecule has 42 heavy (non-hydrogen) atoms. The number of ketones is 1. The minimum absolute atomic E-state index is 0.124. The topological polar surface area (TPSA) is 97.0 Å². The molecule has 0 fully saturated rings. The fourth-order valence-corrected chi connectivity index (χ4v) is 5.30. The van der Waals surface area contributed by atoms with E-state index in [0.29, 0.717) is 43.3 Å². The van der Waals surface area contributed by atoms with Crippen LogP contribution >= 0.6 is 11.3 Å². The summed E-state index contributed by atoms with van der Waals surface area (Å²) in [7, 11) is 0. The number of nitrogens with one attached hydrogen (secondary N) is 2. The van der Waals surface area contributed by atoms with Gasteiger partial charge in [-0.3, -0.25) is 14.6 Å². The molecule has 0 aliphatic heterocycles. The van der Waals surface area contributed by atoms with Gasteiger partial charge in [0.25, 0.3) is 5.91 Å². The van der Waals surface area contributed by atoms with Crippen LogP contribution in [0.5, 0.6) is 5.75 Å². The summed E-state index contributed by atoms with van der Waals surface area (Å²) in [6, 6.07) is 20.0. The molecule has 2 heterocycles. The van der Waals surface area contributed by atoms with Gasteiger partial charge in [-0.2, -0.15) is 8.78 Å². The van der Waals surface area contributed by atoms with Gasteiger partial charge in [-0.05, 0) is 41.8 Å². The van der Waals surface area contributed by atoms with Crippen molar-refractivity contribution in [3.05, 3.63) is 101 Å². The van der Waals surface area contributed by atoms with Gasteiger partial charge in [-0.15, -0.1) is 11.3 Å². The zero-order chi connectivity index (χ0) is 29.5. The smallest absolute Gasteiger partial charge is 0.394 e. The summed E-state index contributed by atoms with van der Waals surface area (Å²) in [6.45, 7) is 0.641. The number of aromatic nitrogens is 3. The van der Waals surface area contributed by atoms with Gasteiger partial charge in [0.2, 0.25) is 0 Å². The zero-order valence-corrected chi connectivity index (χ0v) is 23.8. The van der Waals surface area contributed by atoms with Crippen molar-refractivity contribution in [1.82, 2.24) is 20.3 Å². The van der Waals surface area contributed by atoms with Crippen molar-refractivity contribution in [2.45, 2.75) is 51.2 Å². The molecule has 0 spiro atoms. The molecule has 0 saturated heterocycles. The summed E-state index contributed by atoms with van der Waals surface area (Å²) in [5.41, 5.74) is 3.59. The second kappa shape index (κ2) is 13.0. The number of thiazole rings is 1. The number of carbonyl (C=O) groups is 2. The molecule has 1 amide bonds. The van der Waals surface area contributed by atoms with Crippen molar-refractivity contribution in [2.75, 3.05) is 0 Å². The maximum atomic E-state index is 13.4. The van der Waals surface area contributed by atoms with Crippen LogP contribution in [0.2, 0.25) is 0 Å². The van der Waals surface area contributed by atoms with Gasteiger partial charge in [-0.1, -0.05) is 61.4 Å². The molecule has 0 aliphatic carbocycles. The molecule has 5 rings (SSSR count). The van der Waals surface area contributed by atoms with Gasteiger partial charge < -0.3 is 15.0 Å². The van der Waals surface area contributed by atoms with Crippen LogP contribution in [-0.2, 0) is 0 Å². The number of benzene rings is 3. The average Bonchev–Trinajstić information content (AvgIpc) is 3.69. The van der Waals surface area contributed by atoms with E-state index in [1.807, 2.05) is 18.2 Å². The normalized spacial score (nSPS) is 12.3. The number of aromatic amines is 1. The zero-order valence-electron chi connectivity index (χ0n) is 23.0. The van der Waals surface area contributed by atoms with Crippen LogP contribution in [0.4, 0.5) is 8.78 Å². The fourth-order valence-electron chi connectivity index (χ4n) is 4.78. The minimum atomic E-state index is -3.38. The van der Waals surface area contributed by atoms with E-state index in [0.717, 1.165) is 22.0 Å². The number of hydrogen-bond acceptors (Lipinski definition) is 6. The Bertz CT molecular complexity index is 1660. The number of unbranched alkanes of at least 4 members (excludes halogenated alkanes) is 2. The van der Waals surface area contributed by atoms with Crippen LogP contribution in [0.3, 0.4) is 0 Å². The Hall–Kier alpha value is -4.44. The summed E-state index contributed by atoms with van der Waals surface area (Å²) in [4.78, 5) is 38.1. The van der Waals surface area contributed by atoms with E-state index < -0.39 is 6.11 Å². The summed E-state index contributed by atoms with van der Waals surface area (Å²) in [5.74, 6) is 0.0289. The summed E-state index contributed by atoms with van der Waals surface area (Å²) in [6.07, 6.45) is 2.67. The lowest BCUT2D eigenvalue weighted by molar-refractivity contribution is -0.159. The van der Waals surface area contributed by atoms with Gasteiger partial charge in [-0.25, -0.2) is 4.98 Å². The fraction of sp³-hybridized carbons (Fsp3) is 0.250. The molecular weight excluding hydrogens is 558 g/mol. The molecule has 216 valence electrons. The third-order valence-corrected chi connectivity index (χ3v) is 7.59. The summed E-state index contributed by atoms with van der Waals surface area (Å²) < 4.78 is 31.4. The standard InChI is InChI=1S/C32H30F2N4O3S/c1-32(33,34)41-28-14-8-7-11-24(28)27(39)13-4-2-3-12-25(38-31(40)29-19-35-20-42-29)30-36-18-26(37-30)23-16-15-21-9-5-6-10-22(21)17-23/h5-11,14-20,25H,2-4,12-13H2,1H3,(H,36,37)(H,38,40)/t25-/m0/s1. The Kier molecular flexibility index (Phi) is 9.02. The second-order valence-corrected chi connectivity index (χ2v) is 11.0. The number of halogens is 2. The second-order valence-electron chi connectivity index (χ2n) is 10.1. The molecule has 0 aliphatic rings. The first-order valence-corrected chi connectivity index (χ1v) is 14.6. The Morgan fingerprint density at radius 1 is 1.00 bits per heavy atom. The highest BCUT2D eigenvalue weighted by molar-refractivity contribution is 7.11. The van der Waals surface area contributed by atoms with Gasteiger partial charge >= 0.3 is 6.11 Å². The summed E-state index contributed by atoms with van der Waals surface area (Å²) in [5, 5.41) is 5.33. The van der Waals surface area contributed by atoms with Crippen LogP contribution in [0.15, 0.2) is 84.6 Å². The molecular formula is C32H30F2N4O3S. The minimum Gasteiger partial charge on any atom is -0.432 e. The number of fused-ring (bicyclic) bond motifs is 1. The van der Waals surface area contributed by atoms with Gasteiger partial charge in [0.1, 0.15) is 16.5 Å². The van der Waals surface area contributed by atoms with E-state index in [1.54, 1.807) is 23.8 Å². The molecule has 0 unspecified atom stereocenters. The van der Waals surface area contributed by atoms with Gasteiger partial charge in [0, 0.05) is 18.9 Å². The van der Waals surface area contributed by atoms with Crippen molar-refractivity contribution in [3.8, 4) is 17.0 Å². The molecule has 2 N–H and O–H groups in total. The molecule has 2 aromatic heterocycles. The first kappa shape index (κ1) is 29.1. The van der Waals surface area contributed by atoms with Gasteiger partial charge in [0.05, 0.1) is 35.2 Å². The highest BCUT2D eigenvalue weighted by Crippen LogP contribution is 2.28. The quantitative estimate of drug-likeness (QED) is 0.107. The number of alkyl halides is 2. The Labute approximate surface area is 246 Å². The van der Waals surface area contributed by atoms with Crippen molar-refractivity contribution in [2.24, 2.45) is 0 Å². The molecule has 0 bridgehead atoms. The number of Topliss-reactive ketones (excluding diaryl/α,β-unsaturated/α-hetero) is 1. The lowest BCUT2D eigenvalue weighted by atomic mass is 10.0. The van der Waals surface area contributed by atoms with E-state index >= 15 is 0 Å². The van der Waals surface area contributed by atoms with Crippen molar-refractivity contribution in [3.63, 3.8) is 0 Å². The number of nitrogens with zero attached hydrogens (tertiary/aromatic N) is 2. The predicted molar refractivity (Wildman–Crippen MR) is 159 cm³/mol. The van der Waals surface area contributed by atoms with Crippen molar-refractivity contribution >= 4 is 33.8 Å². The highest BCUT2D eigenvalue weighted by atomic mass is 32.1. The van der Waals surface area contributed by atoms with E-state index in [-0.39, 0.29) is 35.5 Å². The molecule has 5 aromatic rings.